The number of amides is 2. The van der Waals surface area contributed by atoms with E-state index in [1.165, 1.54) is 0 Å². The summed E-state index contributed by atoms with van der Waals surface area (Å²) in [4.78, 5) is 28.9. The fourth-order valence-electron chi connectivity index (χ4n) is 3.86. The minimum absolute atomic E-state index is 0.00656. The number of carbonyl (C=O) groups is 2. The van der Waals surface area contributed by atoms with Crippen LogP contribution in [-0.2, 0) is 9.59 Å². The molecular weight excluding hydrogens is 318 g/mol. The van der Waals surface area contributed by atoms with Crippen molar-refractivity contribution < 1.29 is 14.3 Å². The van der Waals surface area contributed by atoms with Crippen LogP contribution in [0.25, 0.3) is 0 Å². The molecule has 0 spiro atoms. The summed E-state index contributed by atoms with van der Waals surface area (Å²) in [6, 6.07) is 7.46. The van der Waals surface area contributed by atoms with Crippen LogP contribution >= 0.6 is 0 Å². The molecule has 136 valence electrons. The molecule has 0 radical (unpaired) electrons. The van der Waals surface area contributed by atoms with Crippen molar-refractivity contribution in [1.82, 2.24) is 10.2 Å². The number of methoxy groups -OCH3 is 1. The highest BCUT2D eigenvalue weighted by molar-refractivity contribution is 6.01. The Balaban J connectivity index is 1.63. The van der Waals surface area contributed by atoms with Gasteiger partial charge in [0.25, 0.3) is 0 Å². The second-order valence-corrected chi connectivity index (χ2v) is 6.90. The number of nitrogens with zero attached hydrogens (tertiary/aromatic N) is 2. The first-order valence-electron chi connectivity index (χ1n) is 9.00. The van der Waals surface area contributed by atoms with Gasteiger partial charge >= 0.3 is 0 Å². The average Bonchev–Trinajstić information content (AvgIpc) is 3.03. The molecule has 6 nitrogen and oxygen atoms in total. The zero-order chi connectivity index (χ0) is 17.8. The number of carbonyl (C=O) groups excluding carboxylic acids is 2. The lowest BCUT2D eigenvalue weighted by atomic mass is 9.95. The van der Waals surface area contributed by atoms with Crippen molar-refractivity contribution in [2.75, 3.05) is 45.2 Å². The van der Waals surface area contributed by atoms with E-state index < -0.39 is 0 Å². The molecule has 3 rings (SSSR count). The summed E-state index contributed by atoms with van der Waals surface area (Å²) in [5.41, 5.74) is 0.748. The van der Waals surface area contributed by atoms with Gasteiger partial charge in [0.15, 0.2) is 0 Å². The van der Waals surface area contributed by atoms with Gasteiger partial charge in [-0.25, -0.2) is 0 Å². The summed E-state index contributed by atoms with van der Waals surface area (Å²) in [5, 5.41) is 3.21. The van der Waals surface area contributed by atoms with E-state index in [0.717, 1.165) is 38.2 Å². The molecule has 0 aromatic heterocycles. The lowest BCUT2D eigenvalue weighted by molar-refractivity contribution is -0.137. The lowest BCUT2D eigenvalue weighted by Crippen LogP contribution is -2.43. The standard InChI is InChI=1S/C19H27N3O3/c1-20-12-14-7-9-21(10-8-14)19(24)15-11-18(23)22(13-15)16-5-3-4-6-17(16)25-2/h3-6,14-15,20H,7-13H2,1-2H3. The predicted octanol–water partition coefficient (Wildman–Crippen LogP) is 1.51. The van der Waals surface area contributed by atoms with Gasteiger partial charge in [-0.15, -0.1) is 0 Å². The number of anilines is 1. The van der Waals surface area contributed by atoms with Gasteiger partial charge < -0.3 is 19.9 Å². The number of piperidine rings is 1. The Bertz CT molecular complexity index is 626. The van der Waals surface area contributed by atoms with Gasteiger partial charge in [-0.1, -0.05) is 12.1 Å². The molecule has 2 saturated heterocycles. The van der Waals surface area contributed by atoms with Crippen LogP contribution in [-0.4, -0.2) is 57.1 Å². The SMILES string of the molecule is CNCC1CCN(C(=O)C2CC(=O)N(c3ccccc3OC)C2)CC1. The number of hydrogen-bond acceptors (Lipinski definition) is 4. The van der Waals surface area contributed by atoms with E-state index in [2.05, 4.69) is 5.32 Å². The number of hydrogen-bond donors (Lipinski definition) is 1. The largest absolute Gasteiger partial charge is 0.495 e. The van der Waals surface area contributed by atoms with Crippen LogP contribution in [0.2, 0.25) is 0 Å². The van der Waals surface area contributed by atoms with Gasteiger partial charge in [0, 0.05) is 26.1 Å². The van der Waals surface area contributed by atoms with Crippen LogP contribution in [0.1, 0.15) is 19.3 Å². The molecule has 2 fully saturated rings. The molecule has 1 aromatic rings. The molecule has 25 heavy (non-hydrogen) atoms. The Morgan fingerprint density at radius 3 is 2.68 bits per heavy atom. The van der Waals surface area contributed by atoms with Crippen molar-refractivity contribution in [2.24, 2.45) is 11.8 Å². The van der Waals surface area contributed by atoms with Crippen molar-refractivity contribution in [1.29, 1.82) is 0 Å². The van der Waals surface area contributed by atoms with Crippen LogP contribution in [0.3, 0.4) is 0 Å². The topological polar surface area (TPSA) is 61.9 Å². The first kappa shape index (κ1) is 17.7. The van der Waals surface area contributed by atoms with E-state index in [4.69, 9.17) is 4.74 Å². The first-order chi connectivity index (χ1) is 12.1. The zero-order valence-corrected chi connectivity index (χ0v) is 15.0. The number of para-hydroxylation sites is 2. The average molecular weight is 345 g/mol. The van der Waals surface area contributed by atoms with Gasteiger partial charge in [0.2, 0.25) is 11.8 Å². The molecule has 0 saturated carbocycles. The molecule has 1 aromatic carbocycles. The minimum atomic E-state index is -0.252. The van der Waals surface area contributed by atoms with E-state index in [1.54, 1.807) is 12.0 Å². The van der Waals surface area contributed by atoms with Gasteiger partial charge in [0.05, 0.1) is 18.7 Å². The molecule has 1 unspecified atom stereocenters. The van der Waals surface area contributed by atoms with Crippen LogP contribution in [0.4, 0.5) is 5.69 Å². The fraction of sp³-hybridized carbons (Fsp3) is 0.579. The molecule has 0 bridgehead atoms. The van der Waals surface area contributed by atoms with Crippen molar-refractivity contribution in [3.63, 3.8) is 0 Å². The molecule has 1 atom stereocenters. The Hall–Kier alpha value is -2.08. The summed E-state index contributed by atoms with van der Waals surface area (Å²) in [6.45, 7) is 3.04. The summed E-state index contributed by atoms with van der Waals surface area (Å²) >= 11 is 0. The third kappa shape index (κ3) is 3.79. The number of rotatable bonds is 5. The summed E-state index contributed by atoms with van der Waals surface area (Å²) < 4.78 is 5.36. The van der Waals surface area contributed by atoms with E-state index in [-0.39, 0.29) is 24.2 Å². The number of benzene rings is 1. The molecule has 2 heterocycles. The molecule has 6 heteroatoms. The predicted molar refractivity (Wildman–Crippen MR) is 96.7 cm³/mol. The van der Waals surface area contributed by atoms with Crippen LogP contribution < -0.4 is 15.0 Å². The number of likely N-dealkylation sites (tertiary alicyclic amines) is 1. The van der Waals surface area contributed by atoms with Crippen LogP contribution in [0, 0.1) is 11.8 Å². The van der Waals surface area contributed by atoms with E-state index >= 15 is 0 Å². The molecular formula is C19H27N3O3. The summed E-state index contributed by atoms with van der Waals surface area (Å²) in [6.07, 6.45) is 2.35. The van der Waals surface area contributed by atoms with E-state index in [9.17, 15) is 9.59 Å². The Labute approximate surface area is 149 Å². The third-order valence-corrected chi connectivity index (χ3v) is 5.27. The maximum absolute atomic E-state index is 12.8. The smallest absolute Gasteiger partial charge is 0.228 e. The minimum Gasteiger partial charge on any atom is -0.495 e. The third-order valence-electron chi connectivity index (χ3n) is 5.27. The van der Waals surface area contributed by atoms with E-state index in [0.29, 0.717) is 18.2 Å². The van der Waals surface area contributed by atoms with Crippen molar-refractivity contribution >= 4 is 17.5 Å². The second kappa shape index (κ2) is 7.87. The van der Waals surface area contributed by atoms with Gasteiger partial charge in [-0.05, 0) is 44.5 Å². The highest BCUT2D eigenvalue weighted by Gasteiger charge is 2.38. The Morgan fingerprint density at radius 1 is 1.28 bits per heavy atom. The number of ether oxygens (including phenoxy) is 1. The first-order valence-corrected chi connectivity index (χ1v) is 9.00. The normalized spacial score (nSPS) is 21.7. The zero-order valence-electron chi connectivity index (χ0n) is 15.0. The molecule has 1 N–H and O–H groups in total. The maximum atomic E-state index is 12.8. The molecule has 2 aliphatic heterocycles. The second-order valence-electron chi connectivity index (χ2n) is 6.90. The molecule has 2 amide bonds. The maximum Gasteiger partial charge on any atom is 0.228 e. The lowest BCUT2D eigenvalue weighted by Gasteiger charge is -2.33. The van der Waals surface area contributed by atoms with Gasteiger partial charge in [-0.3, -0.25) is 9.59 Å². The van der Waals surface area contributed by atoms with Crippen LogP contribution in [0.15, 0.2) is 24.3 Å². The highest BCUT2D eigenvalue weighted by atomic mass is 16.5. The van der Waals surface area contributed by atoms with Crippen LogP contribution in [0.5, 0.6) is 5.75 Å². The fourth-order valence-corrected chi connectivity index (χ4v) is 3.86. The number of nitrogens with one attached hydrogen (secondary N) is 1. The Kier molecular flexibility index (Phi) is 5.58. The van der Waals surface area contributed by atoms with Crippen molar-refractivity contribution in [2.45, 2.75) is 19.3 Å². The van der Waals surface area contributed by atoms with E-state index in [1.807, 2.05) is 36.2 Å². The molecule has 2 aliphatic rings. The Morgan fingerprint density at radius 2 is 2.00 bits per heavy atom. The summed E-state index contributed by atoms with van der Waals surface area (Å²) in [7, 11) is 3.56. The molecule has 0 aliphatic carbocycles. The summed E-state index contributed by atoms with van der Waals surface area (Å²) in [5.74, 6) is 1.17. The highest BCUT2D eigenvalue weighted by Crippen LogP contribution is 2.33. The monoisotopic (exact) mass is 345 g/mol. The van der Waals surface area contributed by atoms with Gasteiger partial charge in [-0.2, -0.15) is 0 Å². The van der Waals surface area contributed by atoms with Crippen molar-refractivity contribution in [3.8, 4) is 5.75 Å². The quantitative estimate of drug-likeness (QED) is 0.879. The van der Waals surface area contributed by atoms with Gasteiger partial charge in [0.1, 0.15) is 5.75 Å². The van der Waals surface area contributed by atoms with Crippen molar-refractivity contribution in [3.05, 3.63) is 24.3 Å².